The third-order valence-electron chi connectivity index (χ3n) is 5.62. The molecule has 0 N–H and O–H groups in total. The van der Waals surface area contributed by atoms with Crippen molar-refractivity contribution < 1.29 is 131 Å². The maximum atomic E-state index is 7.50. The van der Waals surface area contributed by atoms with Gasteiger partial charge in [-0.25, -0.2) is 24.3 Å². The Bertz CT molecular complexity index is 966. The molecular weight excluding hydrogens is 1290 g/mol. The summed E-state index contributed by atoms with van der Waals surface area (Å²) in [6.07, 6.45) is 15.3. The molecule has 302 valence electrons. The van der Waals surface area contributed by atoms with Crippen molar-refractivity contribution in [2.75, 3.05) is 6.66 Å². The molecule has 10 nitrogen and oxygen atoms in total. The van der Waals surface area contributed by atoms with E-state index in [1.165, 1.54) is 69.8 Å². The number of hydrogen-bond donors (Lipinski definition) is 0. The van der Waals surface area contributed by atoms with Gasteiger partial charge in [-0.3, -0.25) is 0 Å². The summed E-state index contributed by atoms with van der Waals surface area (Å²) < 4.78 is 75.0. The van der Waals surface area contributed by atoms with Crippen LogP contribution in [-0.2, 0) is 131 Å². The van der Waals surface area contributed by atoms with E-state index in [0.29, 0.717) is 0 Å². The Balaban J connectivity index is -0.0000000275. The maximum Gasteiger partial charge on any atom is 2.00 e. The summed E-state index contributed by atoms with van der Waals surface area (Å²) in [5, 5.41) is 0. The van der Waals surface area contributed by atoms with Crippen LogP contribution in [0.25, 0.3) is 0 Å². The van der Waals surface area contributed by atoms with Crippen molar-refractivity contribution in [1.29, 1.82) is 0 Å². The Morgan fingerprint density at radius 3 is 0.789 bits per heavy atom. The van der Waals surface area contributed by atoms with E-state index in [-0.39, 0.29) is 94.2 Å². The van der Waals surface area contributed by atoms with Crippen molar-refractivity contribution in [3.63, 3.8) is 0 Å². The second-order valence-corrected chi connectivity index (χ2v) is 10.1. The first-order valence-electron chi connectivity index (χ1n) is 14.4. The van der Waals surface area contributed by atoms with Crippen molar-refractivity contribution in [2.24, 2.45) is 0 Å². The third-order valence-corrected chi connectivity index (χ3v) is 7.50. The molecule has 2 saturated carbocycles. The fourth-order valence-corrected chi connectivity index (χ4v) is 5.86. The van der Waals surface area contributed by atoms with Crippen molar-refractivity contribution >= 4 is 27.7 Å². The van der Waals surface area contributed by atoms with Crippen LogP contribution in [0.1, 0.15) is 69.8 Å². The average Bonchev–Trinajstić information content (AvgIpc) is 4.09. The van der Waals surface area contributed by atoms with E-state index in [0.717, 1.165) is 11.3 Å². The van der Waals surface area contributed by atoms with E-state index in [1.54, 1.807) is 6.66 Å². The molecule has 0 aromatic heterocycles. The van der Waals surface area contributed by atoms with Gasteiger partial charge in [-0.15, -0.1) is 0 Å². The molecule has 0 unspecified atom stereocenters. The van der Waals surface area contributed by atoms with Crippen LogP contribution >= 0.6 is 27.7 Å². The molecule has 3 aromatic rings. The molecule has 0 heterocycles. The number of aryl methyl sites for hydroxylation is 1. The van der Waals surface area contributed by atoms with Gasteiger partial charge >= 0.3 is 197 Å². The number of hydrogen-bond acceptors (Lipinski definition) is 0. The van der Waals surface area contributed by atoms with Crippen molar-refractivity contribution in [2.45, 2.75) is 82.4 Å². The largest absolute Gasteiger partial charge is 3.00 e. The van der Waals surface area contributed by atoms with Gasteiger partial charge in [0.1, 0.15) is 0 Å². The Morgan fingerprint density at radius 1 is 0.439 bits per heavy atom. The molecule has 0 atom stereocenters. The smallest absolute Gasteiger partial charge is 2.00 e. The van der Waals surface area contributed by atoms with Gasteiger partial charge in [0.15, 0.2) is 0 Å². The van der Waals surface area contributed by atoms with Crippen molar-refractivity contribution in [3.05, 3.63) is 163 Å². The Labute approximate surface area is 407 Å². The van der Waals surface area contributed by atoms with Crippen LogP contribution in [0.2, 0.25) is 0 Å². The predicted octanol–water partition coefficient (Wildman–Crippen LogP) is 10.9. The van der Waals surface area contributed by atoms with Crippen LogP contribution < -0.4 is 0 Å². The predicted molar refractivity (Wildman–Crippen MR) is 195 cm³/mol. The van der Waals surface area contributed by atoms with Gasteiger partial charge in [0.05, 0.1) is 0 Å². The molecule has 0 bridgehead atoms. The minimum atomic E-state index is 0. The first kappa shape index (κ1) is 101. The Kier molecular flexibility index (Phi) is 245. The molecule has 0 radical (unpaired) electrons. The van der Waals surface area contributed by atoms with E-state index in [2.05, 4.69) is 94.8 Å². The molecule has 0 amide bonds. The summed E-state index contributed by atoms with van der Waals surface area (Å²) in [7, 11) is 5.36. The first-order chi connectivity index (χ1) is 25.8. The summed E-state index contributed by atoms with van der Waals surface area (Å²) in [6.45, 7) is 48.8. The Hall–Kier alpha value is -0.637. The van der Waals surface area contributed by atoms with Crippen LogP contribution in [-0.4, -0.2) is 18.0 Å². The van der Waals surface area contributed by atoms with Crippen molar-refractivity contribution in [3.8, 4) is 0 Å². The second kappa shape index (κ2) is 139. The molecular formula is C40H43Mo2O10P3W2. The minimum absolute atomic E-state index is 0. The quantitative estimate of drug-likeness (QED) is 0.102. The average molecular weight is 1340 g/mol. The van der Waals surface area contributed by atoms with Gasteiger partial charge in [-0.1, -0.05) is 100 Å². The fourth-order valence-electron chi connectivity index (χ4n) is 3.93. The molecule has 17 heteroatoms. The van der Waals surface area contributed by atoms with Gasteiger partial charge in [-0.2, -0.15) is 47.7 Å². The van der Waals surface area contributed by atoms with Gasteiger partial charge < -0.3 is 34.4 Å². The topological polar surface area (TPSA) is 199 Å². The van der Waals surface area contributed by atoms with Gasteiger partial charge in [0.2, 0.25) is 0 Å². The Morgan fingerprint density at radius 2 is 0.649 bits per heavy atom. The molecule has 0 saturated heterocycles. The third kappa shape index (κ3) is 113. The number of benzene rings is 1. The molecule has 57 heavy (non-hydrogen) atoms. The molecule has 2 aliphatic carbocycles. The van der Waals surface area contributed by atoms with Crippen LogP contribution in [0, 0.1) is 73.4 Å². The monoisotopic (exact) mass is 1340 g/mol. The van der Waals surface area contributed by atoms with Gasteiger partial charge in [0, 0.05) is 0 Å². The minimum Gasteiger partial charge on any atom is -3.00 e. The molecule has 5 rings (SSSR count). The van der Waals surface area contributed by atoms with E-state index >= 15 is 0 Å². The summed E-state index contributed by atoms with van der Waals surface area (Å²) in [5.41, 5.74) is 3.51. The summed E-state index contributed by atoms with van der Waals surface area (Å²) in [6, 6.07) is 30.3. The zero-order valence-corrected chi connectivity index (χ0v) is 44.0. The normalized spacial score (nSPS) is 9.25. The molecule has 0 aliphatic heterocycles. The summed E-state index contributed by atoms with van der Waals surface area (Å²) >= 11 is 0. The van der Waals surface area contributed by atoms with Crippen molar-refractivity contribution in [1.82, 2.24) is 0 Å². The van der Waals surface area contributed by atoms with Crippen LogP contribution in [0.15, 0.2) is 91.0 Å². The standard InChI is InChI=1S/C12H22P.C7H8.2C5H5.10CO.CH3P.2Mo.P.2W/c1-3-7-11(8-4-1)13-12-9-5-2-6-10-12;1-7-5-3-2-4-6-7;2*1-2-4-5-3-1;11*1-2;;;;;/h11-12H,1-10H2;2-6H,1H3;2*1-5H;;;;;;;;;;;1H3;;;;;/q-1;;2*-1;;;;;;;;;;;-2;2*+2;-3;2*+2. The van der Waals surface area contributed by atoms with Crippen LogP contribution in [0.4, 0.5) is 0 Å². The van der Waals surface area contributed by atoms with E-state index < -0.39 is 0 Å². The summed E-state index contributed by atoms with van der Waals surface area (Å²) in [5.74, 6) is 0. The molecule has 2 aliphatic rings. The summed E-state index contributed by atoms with van der Waals surface area (Å²) in [4.78, 5) is 0. The molecule has 0 spiro atoms. The van der Waals surface area contributed by atoms with Gasteiger partial charge in [0.25, 0.3) is 0 Å². The SMILES string of the molecule is C1CCC([P-]C2CCCCC2)CC1.C[P-2].Cc1ccccc1.[C-]#[O+].[C-]#[O+].[C-]#[O+].[C-]#[O+].[C-]#[O+].[C-]#[O+].[C-]#[O+].[C-]#[O+].[C-]#[O+].[C-]#[O+].[Mo+2].[Mo+2].[P-3].[W+2].[W+2].c1cc[cH-]c1.c1cc[cH-]c1. The molecule has 2 fully saturated rings. The zero-order valence-electron chi connectivity index (χ0n) is 31.4. The van der Waals surface area contributed by atoms with E-state index in [9.17, 15) is 0 Å². The van der Waals surface area contributed by atoms with Crippen LogP contribution in [0.5, 0.6) is 0 Å². The fraction of sp³-hybridized carbons (Fsp3) is 0.350. The number of rotatable bonds is 2. The van der Waals surface area contributed by atoms with E-state index in [1.807, 2.05) is 87.4 Å². The van der Waals surface area contributed by atoms with E-state index in [4.69, 9.17) is 46.5 Å². The van der Waals surface area contributed by atoms with Crippen LogP contribution in [0.3, 0.4) is 0 Å². The second-order valence-electron chi connectivity index (χ2n) is 8.31. The maximum absolute atomic E-state index is 7.50. The molecule has 3 aromatic carbocycles. The zero-order chi connectivity index (χ0) is 43.1. The first-order valence-corrected chi connectivity index (χ1v) is 16.3. The van der Waals surface area contributed by atoms with Gasteiger partial charge in [-0.05, 0) is 6.92 Å².